The van der Waals surface area contributed by atoms with E-state index in [1.807, 2.05) is 0 Å². The first kappa shape index (κ1) is 57.3. The molecule has 6 atom stereocenters. The molecule has 0 amide bonds. The number of ether oxygens (including phenoxy) is 2. The SMILES string of the molecule is CC/C=C\C/C=C\C/C=C\CCCCCCCCCCOCC(COP(=O)(O)OC1C(O)C(O)C(O)C(O)C1O)OC(=O)CCCCCCC/C=C\CCCCCCCCC. The molecule has 356 valence electrons. The lowest BCUT2D eigenvalue weighted by atomic mass is 9.85. The summed E-state index contributed by atoms with van der Waals surface area (Å²) < 4.78 is 34.2. The number of aliphatic hydroxyl groups is 5. The minimum Gasteiger partial charge on any atom is -0.457 e. The normalized spacial score (nSPS) is 22.6. The van der Waals surface area contributed by atoms with Gasteiger partial charge in [0.2, 0.25) is 0 Å². The molecule has 1 aliphatic rings. The Balaban J connectivity index is 2.39. The summed E-state index contributed by atoms with van der Waals surface area (Å²) in [6.07, 6.45) is 34.6. The highest BCUT2D eigenvalue weighted by Gasteiger charge is 2.51. The number of hydrogen-bond acceptors (Lipinski definition) is 11. The standard InChI is InChI=1S/C48H87O12P/c1-3-5-7-9-11-13-15-17-19-21-22-24-26-28-30-32-34-36-38-57-39-41(40-58-61(55,56)60-48-46(53)44(51)43(50)45(52)47(48)54)59-42(49)37-35-33-31-29-27-25-23-20-18-16-14-12-10-8-6-4-2/h5,7,11,13,17,19-20,23,41,43-48,50-54H,3-4,6,8-10,12,14-16,18,21-22,24-40H2,1-2H3,(H,55,56)/b7-5-,13-11-,19-17-,23-20-. The van der Waals surface area contributed by atoms with E-state index >= 15 is 0 Å². The van der Waals surface area contributed by atoms with Gasteiger partial charge in [0, 0.05) is 13.0 Å². The van der Waals surface area contributed by atoms with Gasteiger partial charge in [-0.05, 0) is 70.6 Å². The van der Waals surface area contributed by atoms with Crippen molar-refractivity contribution in [2.24, 2.45) is 0 Å². The summed E-state index contributed by atoms with van der Waals surface area (Å²) in [4.78, 5) is 23.2. The zero-order valence-corrected chi connectivity index (χ0v) is 38.8. The molecule has 13 heteroatoms. The van der Waals surface area contributed by atoms with Crippen molar-refractivity contribution in [2.75, 3.05) is 19.8 Å². The van der Waals surface area contributed by atoms with Crippen LogP contribution in [0.1, 0.15) is 187 Å². The number of carbonyl (C=O) groups is 1. The molecule has 1 saturated carbocycles. The van der Waals surface area contributed by atoms with Gasteiger partial charge in [0.1, 0.15) is 42.7 Å². The first-order valence-electron chi connectivity index (χ1n) is 24.0. The minimum absolute atomic E-state index is 0.0858. The van der Waals surface area contributed by atoms with E-state index in [9.17, 15) is 39.8 Å². The number of aliphatic hydroxyl groups excluding tert-OH is 5. The number of allylic oxidation sites excluding steroid dienone is 8. The van der Waals surface area contributed by atoms with Crippen LogP contribution in [0.3, 0.4) is 0 Å². The number of carbonyl (C=O) groups excluding carboxylic acids is 1. The van der Waals surface area contributed by atoms with Crippen molar-refractivity contribution in [2.45, 2.75) is 230 Å². The first-order chi connectivity index (χ1) is 29.5. The van der Waals surface area contributed by atoms with E-state index in [1.54, 1.807) is 0 Å². The van der Waals surface area contributed by atoms with Gasteiger partial charge >= 0.3 is 13.8 Å². The second-order valence-corrected chi connectivity index (χ2v) is 18.0. The van der Waals surface area contributed by atoms with Crippen molar-refractivity contribution in [3.8, 4) is 0 Å². The van der Waals surface area contributed by atoms with Crippen molar-refractivity contribution in [3.63, 3.8) is 0 Å². The van der Waals surface area contributed by atoms with Gasteiger partial charge in [-0.15, -0.1) is 0 Å². The molecule has 0 aromatic carbocycles. The Hall–Kier alpha value is -1.70. The summed E-state index contributed by atoms with van der Waals surface area (Å²) in [7, 11) is -5.02. The van der Waals surface area contributed by atoms with Crippen LogP contribution in [-0.4, -0.2) is 98.9 Å². The molecule has 1 rings (SSSR count). The molecule has 1 fully saturated rings. The molecule has 0 aromatic rings. The van der Waals surface area contributed by atoms with Crippen LogP contribution in [0.2, 0.25) is 0 Å². The molecule has 0 bridgehead atoms. The topological polar surface area (TPSA) is 192 Å². The van der Waals surface area contributed by atoms with Crippen LogP contribution in [0.4, 0.5) is 0 Å². The summed E-state index contributed by atoms with van der Waals surface area (Å²) in [6.45, 7) is 4.13. The van der Waals surface area contributed by atoms with E-state index in [-0.39, 0.29) is 13.0 Å². The third-order valence-corrected chi connectivity index (χ3v) is 11.9. The number of phosphoric acid groups is 1. The van der Waals surface area contributed by atoms with E-state index < -0.39 is 63.1 Å². The largest absolute Gasteiger partial charge is 0.472 e. The minimum atomic E-state index is -5.02. The third-order valence-electron chi connectivity index (χ3n) is 10.9. The maximum atomic E-state index is 12.8. The molecule has 0 radical (unpaired) electrons. The summed E-state index contributed by atoms with van der Waals surface area (Å²) >= 11 is 0. The van der Waals surface area contributed by atoms with E-state index in [0.717, 1.165) is 89.9 Å². The molecular weight excluding hydrogens is 799 g/mol. The zero-order chi connectivity index (χ0) is 44.8. The molecular formula is C48H87O12P. The number of unbranched alkanes of at least 4 members (excludes halogenated alkanes) is 20. The molecule has 6 N–H and O–H groups in total. The Labute approximate surface area is 369 Å². The van der Waals surface area contributed by atoms with E-state index in [0.29, 0.717) is 13.0 Å². The maximum absolute atomic E-state index is 12.8. The molecule has 0 saturated heterocycles. The highest BCUT2D eigenvalue weighted by molar-refractivity contribution is 7.47. The average Bonchev–Trinajstić information content (AvgIpc) is 3.24. The summed E-state index contributed by atoms with van der Waals surface area (Å²) in [6, 6.07) is 0. The molecule has 0 aliphatic heterocycles. The maximum Gasteiger partial charge on any atom is 0.472 e. The fraction of sp³-hybridized carbons (Fsp3) is 0.812. The monoisotopic (exact) mass is 887 g/mol. The average molecular weight is 887 g/mol. The number of esters is 1. The molecule has 12 nitrogen and oxygen atoms in total. The van der Waals surface area contributed by atoms with Crippen LogP contribution in [0.15, 0.2) is 48.6 Å². The second-order valence-electron chi connectivity index (χ2n) is 16.6. The second kappa shape index (κ2) is 38.7. The van der Waals surface area contributed by atoms with Crippen LogP contribution in [-0.2, 0) is 27.9 Å². The Bertz CT molecular complexity index is 1190. The summed E-state index contributed by atoms with van der Waals surface area (Å²) in [5.41, 5.74) is 0. The van der Waals surface area contributed by atoms with Crippen molar-refractivity contribution < 1.29 is 58.3 Å². The van der Waals surface area contributed by atoms with Crippen LogP contribution in [0.25, 0.3) is 0 Å². The predicted octanol–water partition coefficient (Wildman–Crippen LogP) is 10.0. The van der Waals surface area contributed by atoms with Gasteiger partial charge < -0.3 is 39.9 Å². The van der Waals surface area contributed by atoms with Gasteiger partial charge in [-0.1, -0.05) is 159 Å². The summed E-state index contributed by atoms with van der Waals surface area (Å²) in [5, 5.41) is 50.2. The van der Waals surface area contributed by atoms with Gasteiger partial charge in [0.05, 0.1) is 13.2 Å². The van der Waals surface area contributed by atoms with Crippen molar-refractivity contribution in [3.05, 3.63) is 48.6 Å². The molecule has 6 unspecified atom stereocenters. The number of phosphoric ester groups is 1. The van der Waals surface area contributed by atoms with E-state index in [2.05, 4.69) is 62.5 Å². The van der Waals surface area contributed by atoms with Crippen molar-refractivity contribution >= 4 is 13.8 Å². The van der Waals surface area contributed by atoms with Crippen LogP contribution >= 0.6 is 7.82 Å². The molecule has 61 heavy (non-hydrogen) atoms. The molecule has 1 aliphatic carbocycles. The fourth-order valence-corrected chi connectivity index (χ4v) is 8.10. The van der Waals surface area contributed by atoms with Gasteiger partial charge in [-0.3, -0.25) is 13.8 Å². The lowest BCUT2D eigenvalue weighted by molar-refractivity contribution is -0.220. The molecule has 0 spiro atoms. The quantitative estimate of drug-likeness (QED) is 0.0148. The highest BCUT2D eigenvalue weighted by atomic mass is 31.2. The molecule has 0 heterocycles. The number of rotatable bonds is 40. The predicted molar refractivity (Wildman–Crippen MR) is 244 cm³/mol. The van der Waals surface area contributed by atoms with Gasteiger partial charge in [0.25, 0.3) is 0 Å². The van der Waals surface area contributed by atoms with Gasteiger partial charge in [-0.25, -0.2) is 4.57 Å². The van der Waals surface area contributed by atoms with Crippen LogP contribution in [0, 0.1) is 0 Å². The van der Waals surface area contributed by atoms with E-state index in [4.69, 9.17) is 18.5 Å². The van der Waals surface area contributed by atoms with Crippen LogP contribution in [0.5, 0.6) is 0 Å². The zero-order valence-electron chi connectivity index (χ0n) is 38.0. The van der Waals surface area contributed by atoms with Gasteiger partial charge in [0.15, 0.2) is 0 Å². The fourth-order valence-electron chi connectivity index (χ4n) is 7.13. The summed E-state index contributed by atoms with van der Waals surface area (Å²) in [5.74, 6) is -0.489. The molecule has 0 aromatic heterocycles. The lowest BCUT2D eigenvalue weighted by Crippen LogP contribution is -2.64. The number of hydrogen-bond donors (Lipinski definition) is 6. The first-order valence-corrected chi connectivity index (χ1v) is 25.5. The third kappa shape index (κ3) is 30.9. The Morgan fingerprint density at radius 2 is 0.967 bits per heavy atom. The van der Waals surface area contributed by atoms with E-state index in [1.165, 1.54) is 70.6 Å². The lowest BCUT2D eigenvalue weighted by Gasteiger charge is -2.41. The Morgan fingerprint density at radius 1 is 0.541 bits per heavy atom. The van der Waals surface area contributed by atoms with Crippen molar-refractivity contribution in [1.29, 1.82) is 0 Å². The van der Waals surface area contributed by atoms with Crippen molar-refractivity contribution in [1.82, 2.24) is 0 Å². The Kier molecular flexibility index (Phi) is 36.4. The smallest absolute Gasteiger partial charge is 0.457 e. The highest BCUT2D eigenvalue weighted by Crippen LogP contribution is 2.47. The van der Waals surface area contributed by atoms with Gasteiger partial charge in [-0.2, -0.15) is 0 Å². The van der Waals surface area contributed by atoms with Crippen LogP contribution < -0.4 is 0 Å². The Morgan fingerprint density at radius 3 is 1.49 bits per heavy atom.